The Morgan fingerprint density at radius 2 is 0.722 bits per heavy atom. The molecule has 0 amide bonds. The van der Waals surface area contributed by atoms with Crippen molar-refractivity contribution in [1.82, 2.24) is 56.8 Å². The molecule has 10 rings (SSSR count). The number of alkyl halides is 2. The van der Waals surface area contributed by atoms with E-state index in [0.29, 0.717) is 98.7 Å². The Labute approximate surface area is 583 Å². The minimum atomic E-state index is -0.193. The molecule has 0 spiro atoms. The molecule has 0 radical (unpaired) electrons. The number of likely N-dealkylation sites (N-methyl/N-ethyl adjacent to an activating group) is 5. The lowest BCUT2D eigenvalue weighted by Crippen LogP contribution is -2.50. The number of aliphatic hydroxyl groups is 2. The molecule has 6 aliphatic rings. The van der Waals surface area contributed by atoms with Crippen molar-refractivity contribution in [3.05, 3.63) is 144 Å². The molecule has 0 aromatic heterocycles. The standard InChI is InChI=1S/C16H24N2O2.C15H23FN2.C15H22N2O2.C15H24N2O.C8H17FN2.C8H18N2O/c1-17-15-12-18(11-13-6-4-3-5-7-13)9-8-14(15)10-16(19)20-2;1-17-15-12-18(10-8-14(15)7-9-16)11-13-5-3-2-4-6-13;1-19-15(18)9-13-7-8-17(11-14(13)16)10-12-5-3-2-4-6-12;1-16-15-12-17(9-7-14(15)8-10-18)11-13-5-3-2-4-6-13;1-10-8-6-11-5-3-7(8)2-4-9;1-9-8-6-10-4-2-7(8)3-5-11/h3-7,14-15,17H,8-12H2,1-2H3;2-6,14-15,17H,7-12H2,1H3;2-6,13-14H,7-11,16H2,1H3;2-6,14-16,18H,7-12H2,1H3;7-8,10-11H,2-6H2,1H3;7-11H,2-6H2,1H3/t14-,15+;14-,15-;13-,14+;14-,15+;7-,8-;7-,8+/m010010/s1. The molecule has 0 unspecified atom stereocenters. The van der Waals surface area contributed by atoms with E-state index in [-0.39, 0.29) is 37.2 Å². The summed E-state index contributed by atoms with van der Waals surface area (Å²) in [6.07, 6.45) is 10.8. The number of benzene rings is 4. The molecule has 18 nitrogen and oxygen atoms in total. The lowest BCUT2D eigenvalue weighted by molar-refractivity contribution is -0.143. The van der Waals surface area contributed by atoms with Crippen LogP contribution in [0.3, 0.4) is 0 Å². The minimum Gasteiger partial charge on any atom is -0.469 e. The van der Waals surface area contributed by atoms with Gasteiger partial charge in [0.15, 0.2) is 0 Å². The van der Waals surface area contributed by atoms with E-state index in [4.69, 9.17) is 25.4 Å². The fraction of sp³-hybridized carbons (Fsp3) is 0.662. The third kappa shape index (κ3) is 31.7. The summed E-state index contributed by atoms with van der Waals surface area (Å²) in [5.74, 6) is 2.67. The Morgan fingerprint density at radius 3 is 1.04 bits per heavy atom. The molecule has 6 saturated heterocycles. The van der Waals surface area contributed by atoms with Crippen LogP contribution in [0.1, 0.15) is 99.3 Å². The van der Waals surface area contributed by atoms with Crippen molar-refractivity contribution in [1.29, 1.82) is 0 Å². The van der Waals surface area contributed by atoms with Crippen molar-refractivity contribution in [2.24, 2.45) is 41.2 Å². The first-order valence-corrected chi connectivity index (χ1v) is 36.4. The molecule has 546 valence electrons. The number of carbonyl (C=O) groups excluding carboxylic acids is 2. The van der Waals surface area contributed by atoms with Gasteiger partial charge in [0.25, 0.3) is 0 Å². The topological polar surface area (TPSA) is 216 Å². The molecule has 20 heteroatoms. The second kappa shape index (κ2) is 49.6. The highest BCUT2D eigenvalue weighted by Gasteiger charge is 2.33. The van der Waals surface area contributed by atoms with Crippen molar-refractivity contribution in [3.63, 3.8) is 0 Å². The highest BCUT2D eigenvalue weighted by atomic mass is 19.1. The number of methoxy groups -OCH3 is 2. The number of nitrogens with zero attached hydrogens (tertiary/aromatic N) is 4. The first-order chi connectivity index (χ1) is 47.3. The van der Waals surface area contributed by atoms with Crippen molar-refractivity contribution >= 4 is 11.9 Å². The lowest BCUT2D eigenvalue weighted by atomic mass is 9.88. The maximum absolute atomic E-state index is 12.5. The molecular weight excluding hydrogens is 1230 g/mol. The van der Waals surface area contributed by atoms with Gasteiger partial charge in [0.1, 0.15) is 0 Å². The summed E-state index contributed by atoms with van der Waals surface area (Å²) in [6.45, 7) is 16.5. The molecule has 4 aromatic rings. The zero-order valence-electron chi connectivity index (χ0n) is 60.3. The zero-order valence-corrected chi connectivity index (χ0v) is 60.3. The van der Waals surface area contributed by atoms with Crippen molar-refractivity contribution in [3.8, 4) is 0 Å². The normalized spacial score (nSPS) is 26.2. The van der Waals surface area contributed by atoms with Gasteiger partial charge in [0.05, 0.1) is 27.6 Å². The molecule has 11 N–H and O–H groups in total. The monoisotopic (exact) mass is 1360 g/mol. The van der Waals surface area contributed by atoms with E-state index < -0.39 is 0 Å². The van der Waals surface area contributed by atoms with Crippen molar-refractivity contribution < 1.29 is 38.1 Å². The molecule has 6 heterocycles. The maximum Gasteiger partial charge on any atom is 0.305 e. The molecule has 4 aromatic carbocycles. The smallest absolute Gasteiger partial charge is 0.305 e. The minimum absolute atomic E-state index is 0.0524. The summed E-state index contributed by atoms with van der Waals surface area (Å²) < 4.78 is 34.0. The number of likely N-dealkylation sites (tertiary alicyclic amines) is 4. The molecule has 0 aliphatic carbocycles. The number of hydrogen-bond acceptors (Lipinski definition) is 18. The van der Waals surface area contributed by atoms with Gasteiger partial charge in [-0.25, -0.2) is 0 Å². The van der Waals surface area contributed by atoms with E-state index in [0.717, 1.165) is 143 Å². The number of rotatable bonds is 25. The summed E-state index contributed by atoms with van der Waals surface area (Å²) >= 11 is 0. The largest absolute Gasteiger partial charge is 0.469 e. The van der Waals surface area contributed by atoms with Crippen LogP contribution in [0.4, 0.5) is 8.78 Å². The van der Waals surface area contributed by atoms with Gasteiger partial charge in [-0.2, -0.15) is 0 Å². The van der Waals surface area contributed by atoms with Gasteiger partial charge < -0.3 is 62.6 Å². The van der Waals surface area contributed by atoms with Crippen LogP contribution in [0.2, 0.25) is 0 Å². The van der Waals surface area contributed by atoms with Crippen LogP contribution < -0.4 is 43.0 Å². The predicted molar refractivity (Wildman–Crippen MR) is 391 cm³/mol. The second-order valence-corrected chi connectivity index (χ2v) is 27.3. The summed E-state index contributed by atoms with van der Waals surface area (Å²) in [5.41, 5.74) is 11.6. The maximum atomic E-state index is 12.5. The summed E-state index contributed by atoms with van der Waals surface area (Å²) in [6, 6.07) is 44.5. The molecular formula is C77H128F2N12O6. The van der Waals surface area contributed by atoms with Crippen LogP contribution in [0.15, 0.2) is 121 Å². The van der Waals surface area contributed by atoms with E-state index in [1.54, 1.807) is 0 Å². The van der Waals surface area contributed by atoms with Crippen molar-refractivity contribution in [2.75, 3.05) is 155 Å². The Bertz CT molecular complexity index is 2500. The van der Waals surface area contributed by atoms with Crippen LogP contribution in [0.25, 0.3) is 0 Å². The predicted octanol–water partition coefficient (Wildman–Crippen LogP) is 7.10. The zero-order chi connectivity index (χ0) is 69.8. The number of carbonyl (C=O) groups is 2. The first-order valence-electron chi connectivity index (χ1n) is 36.4. The van der Waals surface area contributed by atoms with E-state index in [2.05, 4.69) is 160 Å². The third-order valence-electron chi connectivity index (χ3n) is 20.8. The van der Waals surface area contributed by atoms with E-state index in [1.165, 1.54) is 49.3 Å². The Hall–Kier alpha value is -4.88. The van der Waals surface area contributed by atoms with E-state index >= 15 is 0 Å². The van der Waals surface area contributed by atoms with Crippen LogP contribution in [0.5, 0.6) is 0 Å². The van der Waals surface area contributed by atoms with Gasteiger partial charge in [-0.15, -0.1) is 0 Å². The Balaban J connectivity index is 0.000000213. The number of piperidine rings is 6. The third-order valence-corrected chi connectivity index (χ3v) is 20.8. The fourth-order valence-corrected chi connectivity index (χ4v) is 14.8. The fourth-order valence-electron chi connectivity index (χ4n) is 14.8. The second-order valence-electron chi connectivity index (χ2n) is 27.3. The molecule has 97 heavy (non-hydrogen) atoms. The lowest BCUT2D eigenvalue weighted by Gasteiger charge is -2.38. The molecule has 6 fully saturated rings. The van der Waals surface area contributed by atoms with Crippen LogP contribution >= 0.6 is 0 Å². The van der Waals surface area contributed by atoms with Crippen LogP contribution in [-0.4, -0.2) is 233 Å². The SMILES string of the molecule is CN[C@@H]1CN(Cc2ccccc2)CC[C@H]1CC(=O)OC.CN[C@@H]1CN(Cc2ccccc2)CC[C@H]1CCF.CN[C@@H]1CN(Cc2ccccc2)CC[C@H]1CCO.CN[C@@H]1CNCC[C@H]1CCF.CN[C@@H]1CNCC[C@H]1CCO.COC(=O)C[C@@H]1CCN(Cc2ccccc2)C[C@H]1N. The Kier molecular flexibility index (Phi) is 42.4. The van der Waals surface area contributed by atoms with Crippen molar-refractivity contribution in [2.45, 2.75) is 139 Å². The number of ether oxygens (including phenoxy) is 2. The van der Waals surface area contributed by atoms with Crippen LogP contribution in [-0.2, 0) is 45.2 Å². The molecule has 6 aliphatic heterocycles. The van der Waals surface area contributed by atoms with Gasteiger partial charge in [0.2, 0.25) is 0 Å². The summed E-state index contributed by atoms with van der Waals surface area (Å²) in [7, 11) is 12.8. The van der Waals surface area contributed by atoms with Gasteiger partial charge in [0, 0.05) is 128 Å². The summed E-state index contributed by atoms with van der Waals surface area (Å²) in [5, 5.41) is 41.1. The van der Waals surface area contributed by atoms with Gasteiger partial charge in [-0.1, -0.05) is 121 Å². The van der Waals surface area contributed by atoms with E-state index in [9.17, 15) is 18.4 Å². The molecule has 12 atom stereocenters. The highest BCUT2D eigenvalue weighted by Crippen LogP contribution is 2.27. The number of halogens is 2. The number of nitrogens with one attached hydrogen (secondary N) is 7. The highest BCUT2D eigenvalue weighted by molar-refractivity contribution is 5.70. The Morgan fingerprint density at radius 1 is 0.433 bits per heavy atom. The molecule has 0 bridgehead atoms. The number of esters is 2. The quantitative estimate of drug-likeness (QED) is 0.0300. The van der Waals surface area contributed by atoms with E-state index in [1.807, 2.05) is 53.4 Å². The number of aliphatic hydroxyl groups excluding tert-OH is 2. The van der Waals surface area contributed by atoms with Gasteiger partial charge in [-0.3, -0.25) is 38.0 Å². The summed E-state index contributed by atoms with van der Waals surface area (Å²) in [4.78, 5) is 32.5. The first kappa shape index (κ1) is 82.8. The number of hydrogen-bond donors (Lipinski definition) is 10. The average molecular weight is 1360 g/mol. The molecule has 0 saturated carbocycles. The van der Waals surface area contributed by atoms with Gasteiger partial charge >= 0.3 is 11.9 Å². The van der Waals surface area contributed by atoms with Crippen LogP contribution in [0, 0.1) is 35.5 Å². The number of nitrogens with two attached hydrogens (primary N) is 1. The van der Waals surface area contributed by atoms with Gasteiger partial charge in [-0.05, 0) is 196 Å². The average Bonchev–Trinajstić information content (AvgIpc) is 1.08.